The van der Waals surface area contributed by atoms with Crippen LogP contribution in [-0.4, -0.2) is 67.8 Å². The lowest BCUT2D eigenvalue weighted by atomic mass is 9.95. The van der Waals surface area contributed by atoms with E-state index in [0.29, 0.717) is 50.5 Å². The van der Waals surface area contributed by atoms with Gasteiger partial charge in [-0.1, -0.05) is 0 Å². The zero-order valence-electron chi connectivity index (χ0n) is 18.8. The number of benzene rings is 1. The number of anilines is 1. The van der Waals surface area contributed by atoms with Gasteiger partial charge in [0, 0.05) is 37.8 Å². The van der Waals surface area contributed by atoms with Crippen molar-refractivity contribution >= 4 is 27.5 Å². The first-order valence-electron chi connectivity index (χ1n) is 11.1. The normalized spacial score (nSPS) is 22.8. The highest BCUT2D eigenvalue weighted by atomic mass is 32.2. The molecule has 0 saturated carbocycles. The number of amides is 2. The van der Waals surface area contributed by atoms with Gasteiger partial charge in [0.1, 0.15) is 0 Å². The largest absolute Gasteiger partial charge is 0.459 e. The van der Waals surface area contributed by atoms with Crippen molar-refractivity contribution in [3.05, 3.63) is 48.4 Å². The van der Waals surface area contributed by atoms with Crippen LogP contribution in [0.25, 0.3) is 0 Å². The van der Waals surface area contributed by atoms with Gasteiger partial charge in [0.25, 0.3) is 5.91 Å². The Morgan fingerprint density at radius 1 is 1.00 bits per heavy atom. The molecule has 2 aromatic rings. The monoisotopic (exact) mass is 475 g/mol. The molecule has 2 fully saturated rings. The van der Waals surface area contributed by atoms with E-state index in [2.05, 4.69) is 5.32 Å². The number of morpholine rings is 1. The summed E-state index contributed by atoms with van der Waals surface area (Å²) in [5.41, 5.74) is 0.539. The number of furan rings is 1. The highest BCUT2D eigenvalue weighted by molar-refractivity contribution is 7.89. The predicted octanol–water partition coefficient (Wildman–Crippen LogP) is 2.57. The third-order valence-corrected chi connectivity index (χ3v) is 7.88. The van der Waals surface area contributed by atoms with Crippen LogP contribution in [0.2, 0.25) is 0 Å². The first-order chi connectivity index (χ1) is 15.7. The molecule has 0 aliphatic carbocycles. The van der Waals surface area contributed by atoms with Crippen LogP contribution < -0.4 is 5.32 Å². The molecule has 2 saturated heterocycles. The molecule has 0 bridgehead atoms. The van der Waals surface area contributed by atoms with Crippen molar-refractivity contribution in [2.24, 2.45) is 5.92 Å². The summed E-state index contributed by atoms with van der Waals surface area (Å²) < 4.78 is 38.2. The van der Waals surface area contributed by atoms with Crippen LogP contribution in [0.15, 0.2) is 52.0 Å². The molecule has 10 heteroatoms. The molecule has 3 heterocycles. The molecule has 4 rings (SSSR count). The van der Waals surface area contributed by atoms with Gasteiger partial charge in [-0.05, 0) is 63.1 Å². The Kier molecular flexibility index (Phi) is 6.87. The first-order valence-corrected chi connectivity index (χ1v) is 12.6. The Labute approximate surface area is 193 Å². The standard InChI is InChI=1S/C23H29N3O6S/c1-16-14-26(15-17(2)32-16)33(29,30)20-7-5-19(6-8-20)24-22(27)18-9-11-25(12-10-18)23(28)21-4-3-13-31-21/h3-8,13,16-18H,9-12,14-15H2,1-2H3,(H,24,27)/t16-,17-/m1/s1. The molecule has 2 amide bonds. The maximum Gasteiger partial charge on any atom is 0.289 e. The highest BCUT2D eigenvalue weighted by Crippen LogP contribution is 2.24. The maximum atomic E-state index is 13.0. The van der Waals surface area contributed by atoms with E-state index in [1.54, 1.807) is 29.2 Å². The van der Waals surface area contributed by atoms with E-state index in [0.717, 1.165) is 0 Å². The van der Waals surface area contributed by atoms with Crippen LogP contribution >= 0.6 is 0 Å². The van der Waals surface area contributed by atoms with Crippen molar-refractivity contribution in [2.45, 2.75) is 43.8 Å². The van der Waals surface area contributed by atoms with Crippen LogP contribution in [0.4, 0.5) is 5.69 Å². The fraction of sp³-hybridized carbons (Fsp3) is 0.478. The second kappa shape index (κ2) is 9.66. The fourth-order valence-electron chi connectivity index (χ4n) is 4.33. The number of piperidine rings is 1. The molecule has 1 aromatic carbocycles. The van der Waals surface area contributed by atoms with Gasteiger partial charge in [-0.2, -0.15) is 4.31 Å². The molecule has 0 spiro atoms. The van der Waals surface area contributed by atoms with Gasteiger partial charge in [0.05, 0.1) is 23.4 Å². The molecular formula is C23H29N3O6S. The molecule has 0 unspecified atom stereocenters. The molecule has 178 valence electrons. The summed E-state index contributed by atoms with van der Waals surface area (Å²) >= 11 is 0. The van der Waals surface area contributed by atoms with Gasteiger partial charge >= 0.3 is 0 Å². The van der Waals surface area contributed by atoms with E-state index in [4.69, 9.17) is 9.15 Å². The Morgan fingerprint density at radius 3 is 2.21 bits per heavy atom. The van der Waals surface area contributed by atoms with Crippen molar-refractivity contribution in [3.63, 3.8) is 0 Å². The number of hydrogen-bond donors (Lipinski definition) is 1. The van der Waals surface area contributed by atoms with E-state index in [1.165, 1.54) is 22.7 Å². The second-order valence-electron chi connectivity index (χ2n) is 8.64. The zero-order valence-corrected chi connectivity index (χ0v) is 19.6. The van der Waals surface area contributed by atoms with E-state index in [-0.39, 0.29) is 34.8 Å². The van der Waals surface area contributed by atoms with E-state index < -0.39 is 10.0 Å². The van der Waals surface area contributed by atoms with Crippen LogP contribution in [0.3, 0.4) is 0 Å². The summed E-state index contributed by atoms with van der Waals surface area (Å²) in [6, 6.07) is 9.54. The molecule has 9 nitrogen and oxygen atoms in total. The minimum absolute atomic E-state index is 0.133. The average molecular weight is 476 g/mol. The molecule has 2 aliphatic heterocycles. The van der Waals surface area contributed by atoms with Crippen molar-refractivity contribution < 1.29 is 27.2 Å². The lowest BCUT2D eigenvalue weighted by molar-refractivity contribution is -0.121. The SMILES string of the molecule is C[C@@H]1CN(S(=O)(=O)c2ccc(NC(=O)C3CCN(C(=O)c4ccco4)CC3)cc2)C[C@@H](C)O1. The van der Waals surface area contributed by atoms with Crippen LogP contribution in [0.5, 0.6) is 0 Å². The van der Waals surface area contributed by atoms with Gasteiger partial charge in [-0.15, -0.1) is 0 Å². The summed E-state index contributed by atoms with van der Waals surface area (Å²) in [5, 5.41) is 2.87. The minimum Gasteiger partial charge on any atom is -0.459 e. The van der Waals surface area contributed by atoms with E-state index in [9.17, 15) is 18.0 Å². The summed E-state index contributed by atoms with van der Waals surface area (Å²) in [7, 11) is -3.63. The first kappa shape index (κ1) is 23.5. The number of nitrogens with one attached hydrogen (secondary N) is 1. The number of likely N-dealkylation sites (tertiary alicyclic amines) is 1. The molecule has 2 atom stereocenters. The van der Waals surface area contributed by atoms with E-state index in [1.807, 2.05) is 13.8 Å². The number of sulfonamides is 1. The van der Waals surface area contributed by atoms with Crippen LogP contribution in [0, 0.1) is 5.92 Å². The summed E-state index contributed by atoms with van der Waals surface area (Å²) in [6.07, 6.45) is 2.24. The van der Waals surface area contributed by atoms with Gasteiger partial charge < -0.3 is 19.4 Å². The van der Waals surface area contributed by atoms with Crippen molar-refractivity contribution in [1.82, 2.24) is 9.21 Å². The molecule has 33 heavy (non-hydrogen) atoms. The smallest absolute Gasteiger partial charge is 0.289 e. The Bertz CT molecular complexity index is 1070. The summed E-state index contributed by atoms with van der Waals surface area (Å²) in [5.74, 6) is -0.217. The lowest BCUT2D eigenvalue weighted by Crippen LogP contribution is -2.48. The molecular weight excluding hydrogens is 446 g/mol. The van der Waals surface area contributed by atoms with Gasteiger partial charge in [0.15, 0.2) is 5.76 Å². The van der Waals surface area contributed by atoms with E-state index >= 15 is 0 Å². The minimum atomic E-state index is -3.63. The molecule has 1 aromatic heterocycles. The maximum absolute atomic E-state index is 13.0. The topological polar surface area (TPSA) is 109 Å². The van der Waals surface area contributed by atoms with Gasteiger partial charge in [0.2, 0.25) is 15.9 Å². The van der Waals surface area contributed by atoms with Gasteiger partial charge in [-0.25, -0.2) is 8.42 Å². The van der Waals surface area contributed by atoms with Crippen molar-refractivity contribution in [3.8, 4) is 0 Å². The summed E-state index contributed by atoms with van der Waals surface area (Å²) in [4.78, 5) is 26.9. The number of ether oxygens (including phenoxy) is 1. The Hall–Kier alpha value is -2.69. The highest BCUT2D eigenvalue weighted by Gasteiger charge is 2.32. The third kappa shape index (κ3) is 5.29. The average Bonchev–Trinajstić information content (AvgIpc) is 3.33. The van der Waals surface area contributed by atoms with Gasteiger partial charge in [-0.3, -0.25) is 9.59 Å². The number of hydrogen-bond acceptors (Lipinski definition) is 6. The number of nitrogens with zero attached hydrogens (tertiary/aromatic N) is 2. The number of rotatable bonds is 5. The number of carbonyl (C=O) groups is 2. The van der Waals surface area contributed by atoms with Crippen molar-refractivity contribution in [1.29, 1.82) is 0 Å². The lowest BCUT2D eigenvalue weighted by Gasteiger charge is -2.34. The fourth-order valence-corrected chi connectivity index (χ4v) is 5.92. The van der Waals surface area contributed by atoms with Crippen LogP contribution in [-0.2, 0) is 19.6 Å². The molecule has 2 aliphatic rings. The zero-order chi connectivity index (χ0) is 23.6. The quantitative estimate of drug-likeness (QED) is 0.712. The third-order valence-electron chi connectivity index (χ3n) is 6.03. The number of carbonyl (C=O) groups excluding carboxylic acids is 2. The van der Waals surface area contributed by atoms with Crippen molar-refractivity contribution in [2.75, 3.05) is 31.5 Å². The molecule has 0 radical (unpaired) electrons. The molecule has 1 N–H and O–H groups in total. The Morgan fingerprint density at radius 2 is 1.64 bits per heavy atom. The summed E-state index contributed by atoms with van der Waals surface area (Å²) in [6.45, 7) is 5.29. The Balaban J connectivity index is 1.33. The van der Waals surface area contributed by atoms with Crippen LogP contribution in [0.1, 0.15) is 37.2 Å². The second-order valence-corrected chi connectivity index (χ2v) is 10.6. The predicted molar refractivity (Wildman–Crippen MR) is 121 cm³/mol.